The monoisotopic (exact) mass is 479 g/mol. The van der Waals surface area contributed by atoms with Crippen LogP contribution in [0.25, 0.3) is 0 Å². The minimum Gasteiger partial charge on any atom is -0.478 e. The molecule has 0 aliphatic rings. The number of nitrogens with one attached hydrogen (secondary N) is 1. The highest BCUT2D eigenvalue weighted by Gasteiger charge is 2.34. The molecule has 4 nitrogen and oxygen atoms in total. The smallest absolute Gasteiger partial charge is 0.417 e. The van der Waals surface area contributed by atoms with Crippen LogP contribution in [0.1, 0.15) is 26.3 Å². The van der Waals surface area contributed by atoms with Crippen LogP contribution in [0, 0.1) is 0 Å². The van der Waals surface area contributed by atoms with Gasteiger partial charge in [-0.15, -0.1) is 0 Å². The predicted molar refractivity (Wildman–Crippen MR) is 97.8 cm³/mol. The van der Waals surface area contributed by atoms with Gasteiger partial charge in [-0.25, -0.2) is 4.79 Å². The molecule has 27 heavy (non-hydrogen) atoms. The number of carboxylic acids is 1. The minimum atomic E-state index is -4.77. The van der Waals surface area contributed by atoms with Crippen molar-refractivity contribution in [2.24, 2.45) is 0 Å². The maximum absolute atomic E-state index is 12.9. The molecule has 2 N–H and O–H groups in total. The molecule has 0 spiro atoms. The Kier molecular flexibility index (Phi) is 6.44. The van der Waals surface area contributed by atoms with Crippen molar-refractivity contribution in [1.82, 2.24) is 0 Å². The van der Waals surface area contributed by atoms with E-state index in [1.54, 1.807) is 0 Å². The largest absolute Gasteiger partial charge is 0.478 e. The lowest BCUT2D eigenvalue weighted by Gasteiger charge is -2.15. The highest BCUT2D eigenvalue weighted by atomic mass is 35.5. The summed E-state index contributed by atoms with van der Waals surface area (Å²) in [7, 11) is 0. The van der Waals surface area contributed by atoms with Gasteiger partial charge in [0.25, 0.3) is 5.91 Å². The molecule has 0 unspecified atom stereocenters. The van der Waals surface area contributed by atoms with E-state index in [1.165, 1.54) is 0 Å². The van der Waals surface area contributed by atoms with E-state index in [9.17, 15) is 27.9 Å². The second-order valence-corrected chi connectivity index (χ2v) is 6.88. The number of carbonyl (C=O) groups is 2. The van der Waals surface area contributed by atoms with E-state index in [0.29, 0.717) is 6.07 Å². The molecule has 0 atom stereocenters. The third-order valence-electron chi connectivity index (χ3n) is 3.24. The van der Waals surface area contributed by atoms with Crippen LogP contribution in [-0.2, 0) is 6.18 Å². The number of amides is 1. The quantitative estimate of drug-likeness (QED) is 0.369. The first-order chi connectivity index (χ1) is 12.4. The molecule has 0 saturated carbocycles. The number of rotatable bonds is 3. The third kappa shape index (κ3) is 4.38. The summed E-state index contributed by atoms with van der Waals surface area (Å²) in [6.07, 6.45) is -4.77. The zero-order valence-electron chi connectivity index (χ0n) is 12.5. The molecule has 2 aromatic rings. The van der Waals surface area contributed by atoms with Gasteiger partial charge in [-0.2, -0.15) is 13.2 Å². The first-order valence-corrected chi connectivity index (χ1v) is 8.52. The summed E-state index contributed by atoms with van der Waals surface area (Å²) >= 11 is 28.8. The van der Waals surface area contributed by atoms with E-state index in [-0.39, 0.29) is 15.7 Å². The normalized spacial score (nSPS) is 11.4. The van der Waals surface area contributed by atoms with E-state index < -0.39 is 49.8 Å². The summed E-state index contributed by atoms with van der Waals surface area (Å²) in [5.74, 6) is -2.80. The summed E-state index contributed by atoms with van der Waals surface area (Å²) in [5.41, 5.74) is -2.92. The number of carbonyl (C=O) groups excluding carboxylic acids is 1. The van der Waals surface area contributed by atoms with Crippen molar-refractivity contribution in [1.29, 1.82) is 0 Å². The molecule has 0 saturated heterocycles. The van der Waals surface area contributed by atoms with Gasteiger partial charge in [0.15, 0.2) is 0 Å². The van der Waals surface area contributed by atoms with Gasteiger partial charge in [-0.3, -0.25) is 4.79 Å². The molecule has 0 bridgehead atoms. The molecule has 2 aromatic carbocycles. The van der Waals surface area contributed by atoms with Crippen molar-refractivity contribution < 1.29 is 27.9 Å². The first-order valence-electron chi connectivity index (χ1n) is 6.63. The fraction of sp³-hybridized carbons (Fsp3) is 0.0667. The number of aromatic carboxylic acids is 1. The van der Waals surface area contributed by atoms with Crippen LogP contribution in [0.4, 0.5) is 18.9 Å². The second kappa shape index (κ2) is 7.93. The van der Waals surface area contributed by atoms with E-state index >= 15 is 0 Å². The summed E-state index contributed by atoms with van der Waals surface area (Å²) in [4.78, 5) is 23.9. The number of hydrogen-bond donors (Lipinski definition) is 2. The molecule has 0 heterocycles. The van der Waals surface area contributed by atoms with Gasteiger partial charge >= 0.3 is 12.1 Å². The van der Waals surface area contributed by atoms with Crippen LogP contribution in [0.5, 0.6) is 0 Å². The van der Waals surface area contributed by atoms with Gasteiger partial charge in [-0.1, -0.05) is 58.0 Å². The van der Waals surface area contributed by atoms with Gasteiger partial charge in [0.05, 0.1) is 41.8 Å². The number of anilines is 1. The number of alkyl halides is 3. The standard InChI is InChI=1S/C15H5Cl5F3NO3/c16-6-2-1-4(3-5(6)15(21,22)23)24-13(25)7-8(14(26)27)10(18)12(20)11(19)9(7)17/h1-3H,(H,24,25)(H,26,27). The fourth-order valence-electron chi connectivity index (χ4n) is 2.06. The Hall–Kier alpha value is -1.38. The van der Waals surface area contributed by atoms with E-state index in [4.69, 9.17) is 58.0 Å². The van der Waals surface area contributed by atoms with Crippen LogP contribution in [0.15, 0.2) is 18.2 Å². The van der Waals surface area contributed by atoms with Crippen molar-refractivity contribution in [3.8, 4) is 0 Å². The maximum atomic E-state index is 12.9. The minimum absolute atomic E-state index is 0.314. The molecule has 144 valence electrons. The summed E-state index contributed by atoms with van der Waals surface area (Å²) in [6.45, 7) is 0. The van der Waals surface area contributed by atoms with Gasteiger partial charge in [0.2, 0.25) is 0 Å². The molecular weight excluding hydrogens is 476 g/mol. The van der Waals surface area contributed by atoms with Crippen LogP contribution >= 0.6 is 58.0 Å². The summed E-state index contributed by atoms with van der Waals surface area (Å²) in [6, 6.07) is 2.58. The number of benzene rings is 2. The van der Waals surface area contributed by atoms with Crippen LogP contribution in [-0.4, -0.2) is 17.0 Å². The topological polar surface area (TPSA) is 66.4 Å². The predicted octanol–water partition coefficient (Wildman–Crippen LogP) is 6.92. The fourth-order valence-corrected chi connectivity index (χ4v) is 3.30. The van der Waals surface area contributed by atoms with Crippen molar-refractivity contribution in [2.45, 2.75) is 6.18 Å². The van der Waals surface area contributed by atoms with E-state index in [0.717, 1.165) is 12.1 Å². The molecular formula is C15H5Cl5F3NO3. The van der Waals surface area contributed by atoms with Crippen LogP contribution in [0.2, 0.25) is 25.1 Å². The van der Waals surface area contributed by atoms with Crippen LogP contribution in [0.3, 0.4) is 0 Å². The number of hydrogen-bond acceptors (Lipinski definition) is 2. The molecule has 0 radical (unpaired) electrons. The van der Waals surface area contributed by atoms with Gasteiger partial charge < -0.3 is 10.4 Å². The molecule has 12 heteroatoms. The Morgan fingerprint density at radius 3 is 1.89 bits per heavy atom. The molecule has 0 aliphatic carbocycles. The highest BCUT2D eigenvalue weighted by Crippen LogP contribution is 2.42. The Morgan fingerprint density at radius 2 is 1.41 bits per heavy atom. The summed E-state index contributed by atoms with van der Waals surface area (Å²) in [5, 5.41) is 8.98. The first kappa shape index (κ1) is 21.9. The Morgan fingerprint density at radius 1 is 0.889 bits per heavy atom. The SMILES string of the molecule is O=C(O)c1c(Cl)c(Cl)c(Cl)c(Cl)c1C(=O)Nc1ccc(Cl)c(C(F)(F)F)c1. The lowest BCUT2D eigenvalue weighted by Crippen LogP contribution is -2.18. The average molecular weight is 481 g/mol. The van der Waals surface area contributed by atoms with Crippen molar-refractivity contribution >= 4 is 75.6 Å². The van der Waals surface area contributed by atoms with Gasteiger partial charge in [0, 0.05) is 5.69 Å². The van der Waals surface area contributed by atoms with Crippen molar-refractivity contribution in [2.75, 3.05) is 5.32 Å². The number of carboxylic acid groups (broad SMARTS) is 1. The molecule has 2 rings (SSSR count). The second-order valence-electron chi connectivity index (χ2n) is 4.96. The highest BCUT2D eigenvalue weighted by molar-refractivity contribution is 6.54. The number of halogens is 8. The lowest BCUT2D eigenvalue weighted by atomic mass is 10.1. The zero-order chi connectivity index (χ0) is 20.7. The zero-order valence-corrected chi connectivity index (χ0v) is 16.3. The maximum Gasteiger partial charge on any atom is 0.417 e. The lowest BCUT2D eigenvalue weighted by molar-refractivity contribution is -0.137. The molecule has 0 aromatic heterocycles. The average Bonchev–Trinajstić information content (AvgIpc) is 2.56. The molecule has 1 amide bonds. The van der Waals surface area contributed by atoms with E-state index in [2.05, 4.69) is 5.32 Å². The van der Waals surface area contributed by atoms with Gasteiger partial charge in [-0.05, 0) is 18.2 Å². The van der Waals surface area contributed by atoms with Gasteiger partial charge in [0.1, 0.15) is 0 Å². The van der Waals surface area contributed by atoms with E-state index in [1.807, 2.05) is 0 Å². The Labute approximate surface area is 174 Å². The van der Waals surface area contributed by atoms with Crippen molar-refractivity contribution in [3.63, 3.8) is 0 Å². The molecule has 0 fully saturated rings. The Balaban J connectivity index is 2.56. The Bertz CT molecular complexity index is 963. The third-order valence-corrected chi connectivity index (χ3v) is 5.37. The van der Waals surface area contributed by atoms with Crippen LogP contribution < -0.4 is 5.32 Å². The van der Waals surface area contributed by atoms with Crippen molar-refractivity contribution in [3.05, 3.63) is 60.0 Å². The molecule has 0 aliphatic heterocycles. The summed E-state index contributed by atoms with van der Waals surface area (Å²) < 4.78 is 38.8.